The summed E-state index contributed by atoms with van der Waals surface area (Å²) in [7, 11) is -4.49. The Bertz CT molecular complexity index is 1890. The number of alkyl halides is 3. The van der Waals surface area contributed by atoms with Gasteiger partial charge in [-0.25, -0.2) is 18.2 Å². The predicted molar refractivity (Wildman–Crippen MR) is 190 cm³/mol. The van der Waals surface area contributed by atoms with Gasteiger partial charge in [-0.1, -0.05) is 12.1 Å². The highest BCUT2D eigenvalue weighted by Gasteiger charge is 2.35. The molecule has 0 bridgehead atoms. The Morgan fingerprint density at radius 3 is 2.30 bits per heavy atom. The van der Waals surface area contributed by atoms with Crippen LogP contribution in [0.1, 0.15) is 43.6 Å². The molecule has 1 aromatic heterocycles. The van der Waals surface area contributed by atoms with E-state index in [1.807, 2.05) is 30.0 Å². The molecule has 2 saturated heterocycles. The van der Waals surface area contributed by atoms with Crippen molar-refractivity contribution in [2.75, 3.05) is 36.8 Å². The standard InChI is InChI=1S/C35H40F3N5O8S2/c1-22-21-52-31(40-22)30(44)26-19-23(8-13-28(26)49-33(46)43-17-15-42(16-18-43)29-7-5-6-14-39-29)20-27(32(45)51-34(2,3)4)41-53(47,48)25-11-9-24(10-12-25)50-35(36,37)38/h5-14,19,22,27,31,40-41H,15-18,20-21H2,1-4H3/t22?,27-,31-/m0/s1. The number of carbonyl (C=O) groups is 3. The number of piperazine rings is 1. The predicted octanol–water partition coefficient (Wildman–Crippen LogP) is 4.77. The molecule has 0 aliphatic carbocycles. The molecule has 2 aliphatic rings. The third-order valence-corrected chi connectivity index (χ3v) is 10.9. The highest BCUT2D eigenvalue weighted by Crippen LogP contribution is 2.30. The first-order chi connectivity index (χ1) is 24.9. The molecule has 2 aromatic carbocycles. The molecule has 0 saturated carbocycles. The number of rotatable bonds is 11. The quantitative estimate of drug-likeness (QED) is 0.204. The summed E-state index contributed by atoms with van der Waals surface area (Å²) in [6, 6.07) is 11.9. The van der Waals surface area contributed by atoms with Crippen molar-refractivity contribution in [3.63, 3.8) is 0 Å². The van der Waals surface area contributed by atoms with E-state index in [1.54, 1.807) is 27.0 Å². The van der Waals surface area contributed by atoms with Crippen LogP contribution in [0.4, 0.5) is 23.8 Å². The van der Waals surface area contributed by atoms with Gasteiger partial charge in [0.05, 0.1) is 10.5 Å². The molecule has 1 unspecified atom stereocenters. The lowest BCUT2D eigenvalue weighted by Crippen LogP contribution is -2.50. The number of hydrogen-bond donors (Lipinski definition) is 2. The number of ether oxygens (including phenoxy) is 3. The van der Waals surface area contributed by atoms with E-state index >= 15 is 0 Å². The summed E-state index contributed by atoms with van der Waals surface area (Å²) in [5, 5.41) is 2.55. The van der Waals surface area contributed by atoms with Crippen molar-refractivity contribution < 1.29 is 50.2 Å². The fourth-order valence-electron chi connectivity index (χ4n) is 5.55. The first-order valence-electron chi connectivity index (χ1n) is 16.7. The lowest BCUT2D eigenvalue weighted by molar-refractivity contribution is -0.274. The van der Waals surface area contributed by atoms with E-state index in [-0.39, 0.29) is 29.6 Å². The van der Waals surface area contributed by atoms with Gasteiger partial charge in [0.15, 0.2) is 5.78 Å². The van der Waals surface area contributed by atoms with Crippen LogP contribution in [0.15, 0.2) is 71.8 Å². The lowest BCUT2D eigenvalue weighted by Gasteiger charge is -2.34. The molecule has 2 aliphatic heterocycles. The number of anilines is 1. The largest absolute Gasteiger partial charge is 0.573 e. The molecule has 286 valence electrons. The molecule has 1 amide bonds. The van der Waals surface area contributed by atoms with E-state index in [4.69, 9.17) is 9.47 Å². The molecule has 13 nitrogen and oxygen atoms in total. The summed E-state index contributed by atoms with van der Waals surface area (Å²) in [4.78, 5) is 48.1. The number of amides is 1. The van der Waals surface area contributed by atoms with Crippen molar-refractivity contribution in [1.82, 2.24) is 19.9 Å². The van der Waals surface area contributed by atoms with Crippen LogP contribution in [0.5, 0.6) is 11.5 Å². The Morgan fingerprint density at radius 2 is 1.72 bits per heavy atom. The SMILES string of the molecule is CC1CS[C@@H](C(=O)c2cc(C[C@H](NS(=O)(=O)c3ccc(OC(F)(F)F)cc3)C(=O)OC(C)(C)C)ccc2OC(=O)N2CCN(c3ccccn3)CC2)N1. The van der Waals surface area contributed by atoms with Crippen molar-refractivity contribution in [3.05, 3.63) is 78.0 Å². The number of Topliss-reactive ketones (excluding diaryl/α,β-unsaturated/α-hetero) is 1. The number of carbonyl (C=O) groups excluding carboxylic acids is 3. The number of benzene rings is 2. The first-order valence-corrected chi connectivity index (χ1v) is 19.2. The highest BCUT2D eigenvalue weighted by molar-refractivity contribution is 8.00. The van der Waals surface area contributed by atoms with Crippen LogP contribution in [0.2, 0.25) is 0 Å². The third-order valence-electron chi connectivity index (χ3n) is 8.00. The summed E-state index contributed by atoms with van der Waals surface area (Å²) in [6.45, 7) is 8.46. The fourth-order valence-corrected chi connectivity index (χ4v) is 7.92. The van der Waals surface area contributed by atoms with Crippen molar-refractivity contribution >= 4 is 45.4 Å². The normalized spacial score (nSPS) is 18.7. The molecule has 5 rings (SSSR count). The first kappa shape index (κ1) is 39.8. The molecule has 53 heavy (non-hydrogen) atoms. The van der Waals surface area contributed by atoms with E-state index < -0.39 is 56.1 Å². The topological polar surface area (TPSA) is 156 Å². The number of nitrogens with one attached hydrogen (secondary N) is 2. The zero-order valence-electron chi connectivity index (χ0n) is 29.4. The molecule has 3 heterocycles. The van der Waals surface area contributed by atoms with Gasteiger partial charge < -0.3 is 24.0 Å². The van der Waals surface area contributed by atoms with Crippen LogP contribution in [-0.2, 0) is 26.0 Å². The van der Waals surface area contributed by atoms with E-state index in [1.165, 1.54) is 34.9 Å². The number of aromatic nitrogens is 1. The van der Waals surface area contributed by atoms with Gasteiger partial charge >= 0.3 is 18.4 Å². The number of hydrogen-bond acceptors (Lipinski definition) is 12. The fraction of sp³-hybridized carbons (Fsp3) is 0.429. The number of sulfonamides is 1. The van der Waals surface area contributed by atoms with Gasteiger partial charge in [-0.3, -0.25) is 14.9 Å². The minimum atomic E-state index is -4.98. The second-order valence-electron chi connectivity index (χ2n) is 13.4. The Hall–Kier alpha value is -4.39. The number of thioether (sulfide) groups is 1. The van der Waals surface area contributed by atoms with E-state index in [2.05, 4.69) is 19.8 Å². The minimum absolute atomic E-state index is 0.00609. The molecule has 18 heteroatoms. The number of nitrogens with zero attached hydrogens (tertiary/aromatic N) is 3. The van der Waals surface area contributed by atoms with Gasteiger partial charge in [-0.05, 0) is 88.2 Å². The van der Waals surface area contributed by atoms with Crippen LogP contribution >= 0.6 is 11.8 Å². The molecule has 0 spiro atoms. The molecular formula is C35H40F3N5O8S2. The number of pyridine rings is 1. The number of esters is 1. The van der Waals surface area contributed by atoms with Crippen molar-refractivity contribution in [2.45, 2.75) is 68.4 Å². The Morgan fingerprint density at radius 1 is 1.02 bits per heavy atom. The molecule has 2 N–H and O–H groups in total. The Kier molecular flexibility index (Phi) is 12.3. The average molecular weight is 780 g/mol. The summed E-state index contributed by atoms with van der Waals surface area (Å²) >= 11 is 1.39. The van der Waals surface area contributed by atoms with E-state index in [9.17, 15) is 36.0 Å². The van der Waals surface area contributed by atoms with Crippen molar-refractivity contribution in [3.8, 4) is 11.5 Å². The Labute approximate surface area is 309 Å². The summed E-state index contributed by atoms with van der Waals surface area (Å²) in [5.41, 5.74) is -0.629. The maximum absolute atomic E-state index is 13.9. The summed E-state index contributed by atoms with van der Waals surface area (Å²) in [6.07, 6.45) is -4.23. The van der Waals surface area contributed by atoms with Crippen LogP contribution in [0.25, 0.3) is 0 Å². The van der Waals surface area contributed by atoms with Gasteiger partial charge in [0.1, 0.15) is 34.3 Å². The number of halogens is 3. The smallest absolute Gasteiger partial charge is 0.459 e. The van der Waals surface area contributed by atoms with Crippen molar-refractivity contribution in [1.29, 1.82) is 0 Å². The summed E-state index contributed by atoms with van der Waals surface area (Å²) in [5.74, 6) is -0.493. The molecule has 0 radical (unpaired) electrons. The third kappa shape index (κ3) is 11.1. The monoisotopic (exact) mass is 779 g/mol. The van der Waals surface area contributed by atoms with Crippen molar-refractivity contribution in [2.24, 2.45) is 0 Å². The van der Waals surface area contributed by atoms with E-state index in [0.29, 0.717) is 37.5 Å². The molecular weight excluding hydrogens is 740 g/mol. The highest BCUT2D eigenvalue weighted by atomic mass is 32.2. The average Bonchev–Trinajstić information content (AvgIpc) is 3.53. The maximum atomic E-state index is 13.9. The zero-order valence-corrected chi connectivity index (χ0v) is 31.0. The second kappa shape index (κ2) is 16.3. The maximum Gasteiger partial charge on any atom is 0.573 e. The summed E-state index contributed by atoms with van der Waals surface area (Å²) < 4.78 is 82.1. The number of ketones is 1. The van der Waals surface area contributed by atoms with Gasteiger partial charge in [0.2, 0.25) is 10.0 Å². The minimum Gasteiger partial charge on any atom is -0.459 e. The molecule has 3 aromatic rings. The van der Waals surface area contributed by atoms with Crippen LogP contribution in [-0.4, -0.2) is 97.5 Å². The van der Waals surface area contributed by atoms with Gasteiger partial charge in [0.25, 0.3) is 0 Å². The zero-order chi connectivity index (χ0) is 38.6. The molecule has 2 fully saturated rings. The lowest BCUT2D eigenvalue weighted by atomic mass is 10.0. The van der Waals surface area contributed by atoms with Crippen LogP contribution in [0.3, 0.4) is 0 Å². The van der Waals surface area contributed by atoms with Gasteiger partial charge in [0, 0.05) is 44.2 Å². The molecule has 3 atom stereocenters. The van der Waals surface area contributed by atoms with Crippen LogP contribution in [0, 0.1) is 0 Å². The van der Waals surface area contributed by atoms with Crippen LogP contribution < -0.4 is 24.4 Å². The van der Waals surface area contributed by atoms with Gasteiger partial charge in [-0.2, -0.15) is 4.72 Å². The second-order valence-corrected chi connectivity index (χ2v) is 16.3. The Balaban J connectivity index is 1.38. The van der Waals surface area contributed by atoms with Gasteiger partial charge in [-0.15, -0.1) is 24.9 Å². The van der Waals surface area contributed by atoms with E-state index in [0.717, 1.165) is 30.1 Å².